The second kappa shape index (κ2) is 7.44. The first kappa shape index (κ1) is 18.2. The Balaban J connectivity index is 1.86. The third-order valence-electron chi connectivity index (χ3n) is 5.08. The van der Waals surface area contributed by atoms with Gasteiger partial charge >= 0.3 is 0 Å². The standard InChI is InChI=1S/C22H17ClN2O3/c23-19-11-5-3-9-17(19)21-16-8-2-1-7-15(16)13-14-24(21)22(26)18-10-4-6-12-20(18)25(27)28/h1-12,21H,13-14H2. The van der Waals surface area contributed by atoms with Crippen LogP contribution in [0.25, 0.3) is 0 Å². The van der Waals surface area contributed by atoms with Gasteiger partial charge in [-0.15, -0.1) is 0 Å². The molecule has 140 valence electrons. The molecule has 0 bridgehead atoms. The van der Waals surface area contributed by atoms with Crippen LogP contribution >= 0.6 is 11.6 Å². The molecule has 1 atom stereocenters. The highest BCUT2D eigenvalue weighted by Crippen LogP contribution is 2.39. The molecule has 0 fully saturated rings. The molecule has 5 nitrogen and oxygen atoms in total. The van der Waals surface area contributed by atoms with Gasteiger partial charge in [0.05, 0.1) is 11.0 Å². The van der Waals surface area contributed by atoms with Crippen LogP contribution in [0.1, 0.15) is 33.1 Å². The fourth-order valence-corrected chi connectivity index (χ4v) is 4.03. The van der Waals surface area contributed by atoms with E-state index in [9.17, 15) is 14.9 Å². The number of nitrogens with zero attached hydrogens (tertiary/aromatic N) is 2. The molecule has 0 radical (unpaired) electrons. The van der Waals surface area contributed by atoms with Gasteiger partial charge in [0.2, 0.25) is 0 Å². The molecule has 1 unspecified atom stereocenters. The lowest BCUT2D eigenvalue weighted by molar-refractivity contribution is -0.385. The van der Waals surface area contributed by atoms with Crippen LogP contribution in [-0.4, -0.2) is 22.3 Å². The number of para-hydroxylation sites is 1. The van der Waals surface area contributed by atoms with Crippen molar-refractivity contribution >= 4 is 23.2 Å². The number of amides is 1. The van der Waals surface area contributed by atoms with Crippen LogP contribution in [0, 0.1) is 10.1 Å². The van der Waals surface area contributed by atoms with Crippen molar-refractivity contribution in [3.8, 4) is 0 Å². The molecule has 1 aliphatic rings. The predicted octanol–water partition coefficient (Wildman–Crippen LogP) is 5.04. The Morgan fingerprint density at radius 3 is 2.36 bits per heavy atom. The van der Waals surface area contributed by atoms with Crippen molar-refractivity contribution in [2.45, 2.75) is 12.5 Å². The average Bonchev–Trinajstić information content (AvgIpc) is 2.73. The molecule has 6 heteroatoms. The quantitative estimate of drug-likeness (QED) is 0.463. The first-order chi connectivity index (χ1) is 13.6. The van der Waals surface area contributed by atoms with Crippen LogP contribution in [0.15, 0.2) is 72.8 Å². The summed E-state index contributed by atoms with van der Waals surface area (Å²) in [5, 5.41) is 12.0. The van der Waals surface area contributed by atoms with E-state index in [1.54, 1.807) is 23.1 Å². The maximum Gasteiger partial charge on any atom is 0.282 e. The number of nitro benzene ring substituents is 1. The van der Waals surface area contributed by atoms with Gasteiger partial charge in [-0.05, 0) is 35.2 Å². The summed E-state index contributed by atoms with van der Waals surface area (Å²) in [5.41, 5.74) is 2.85. The molecule has 0 aromatic heterocycles. The van der Waals surface area contributed by atoms with E-state index in [1.807, 2.05) is 42.5 Å². The van der Waals surface area contributed by atoms with E-state index in [-0.39, 0.29) is 17.2 Å². The third-order valence-corrected chi connectivity index (χ3v) is 5.42. The van der Waals surface area contributed by atoms with Gasteiger partial charge in [0.15, 0.2) is 0 Å². The lowest BCUT2D eigenvalue weighted by atomic mass is 9.87. The van der Waals surface area contributed by atoms with Gasteiger partial charge in [0, 0.05) is 17.6 Å². The average molecular weight is 393 g/mol. The molecule has 0 spiro atoms. The van der Waals surface area contributed by atoms with Crippen molar-refractivity contribution in [1.29, 1.82) is 0 Å². The first-order valence-electron chi connectivity index (χ1n) is 8.94. The van der Waals surface area contributed by atoms with E-state index >= 15 is 0 Å². The lowest BCUT2D eigenvalue weighted by Gasteiger charge is -2.38. The normalized spacial score (nSPS) is 15.8. The van der Waals surface area contributed by atoms with E-state index < -0.39 is 11.0 Å². The van der Waals surface area contributed by atoms with E-state index in [2.05, 4.69) is 0 Å². The smallest absolute Gasteiger partial charge is 0.282 e. The molecule has 3 aromatic carbocycles. The van der Waals surface area contributed by atoms with Crippen LogP contribution in [0.4, 0.5) is 5.69 Å². The summed E-state index contributed by atoms with van der Waals surface area (Å²) in [6, 6.07) is 21.0. The molecule has 0 saturated heterocycles. The van der Waals surface area contributed by atoms with Gasteiger partial charge in [-0.25, -0.2) is 0 Å². The lowest BCUT2D eigenvalue weighted by Crippen LogP contribution is -2.41. The van der Waals surface area contributed by atoms with Gasteiger partial charge < -0.3 is 4.90 Å². The highest BCUT2D eigenvalue weighted by molar-refractivity contribution is 6.31. The first-order valence-corrected chi connectivity index (χ1v) is 9.32. The van der Waals surface area contributed by atoms with Crippen LogP contribution in [0.5, 0.6) is 0 Å². The van der Waals surface area contributed by atoms with Crippen molar-refractivity contribution < 1.29 is 9.72 Å². The molecular formula is C22H17ClN2O3. The van der Waals surface area contributed by atoms with E-state index in [0.29, 0.717) is 18.0 Å². The number of hydrogen-bond donors (Lipinski definition) is 0. The van der Waals surface area contributed by atoms with E-state index in [0.717, 1.165) is 16.7 Å². The minimum Gasteiger partial charge on any atom is -0.327 e. The Kier molecular flexibility index (Phi) is 4.84. The van der Waals surface area contributed by atoms with Gasteiger partial charge in [-0.2, -0.15) is 0 Å². The molecule has 3 aromatic rings. The van der Waals surface area contributed by atoms with Gasteiger partial charge in [-0.1, -0.05) is 66.2 Å². The fraction of sp³-hybridized carbons (Fsp3) is 0.136. The summed E-state index contributed by atoms with van der Waals surface area (Å²) in [5.74, 6) is -0.369. The second-order valence-corrected chi connectivity index (χ2v) is 7.05. The maximum atomic E-state index is 13.4. The Morgan fingerprint density at radius 2 is 1.61 bits per heavy atom. The largest absolute Gasteiger partial charge is 0.327 e. The third kappa shape index (κ3) is 3.14. The summed E-state index contributed by atoms with van der Waals surface area (Å²) in [6.07, 6.45) is 0.684. The van der Waals surface area contributed by atoms with Crippen LogP contribution in [0.3, 0.4) is 0 Å². The number of halogens is 1. The number of benzene rings is 3. The Morgan fingerprint density at radius 1 is 0.964 bits per heavy atom. The number of carbonyl (C=O) groups is 1. The maximum absolute atomic E-state index is 13.4. The molecule has 0 aliphatic carbocycles. The van der Waals surface area contributed by atoms with Crippen LogP contribution < -0.4 is 0 Å². The van der Waals surface area contributed by atoms with Gasteiger partial charge in [0.1, 0.15) is 5.56 Å². The Bertz CT molecular complexity index is 1070. The summed E-state index contributed by atoms with van der Waals surface area (Å²) in [6.45, 7) is 0.456. The van der Waals surface area contributed by atoms with E-state index in [4.69, 9.17) is 11.6 Å². The summed E-state index contributed by atoms with van der Waals surface area (Å²) in [7, 11) is 0. The van der Waals surface area contributed by atoms with E-state index in [1.165, 1.54) is 12.1 Å². The van der Waals surface area contributed by atoms with Crippen molar-refractivity contribution in [3.05, 3.63) is 110 Å². The molecule has 1 aliphatic heterocycles. The molecular weight excluding hydrogens is 376 g/mol. The molecule has 1 heterocycles. The SMILES string of the molecule is O=C(c1ccccc1[N+](=O)[O-])N1CCc2ccccc2C1c1ccccc1Cl. The highest BCUT2D eigenvalue weighted by Gasteiger charge is 2.35. The minimum atomic E-state index is -0.518. The number of carbonyl (C=O) groups excluding carboxylic acids is 1. The van der Waals surface area contributed by atoms with Gasteiger partial charge in [0.25, 0.3) is 11.6 Å². The number of fused-ring (bicyclic) bond motifs is 1. The van der Waals surface area contributed by atoms with Crippen molar-refractivity contribution in [3.63, 3.8) is 0 Å². The molecule has 4 rings (SSSR count). The van der Waals surface area contributed by atoms with Crippen molar-refractivity contribution in [2.75, 3.05) is 6.54 Å². The topological polar surface area (TPSA) is 63.4 Å². The fourth-order valence-electron chi connectivity index (χ4n) is 3.79. The van der Waals surface area contributed by atoms with Crippen LogP contribution in [-0.2, 0) is 6.42 Å². The molecule has 1 amide bonds. The Labute approximate surface area is 167 Å². The molecule has 0 saturated carbocycles. The summed E-state index contributed by atoms with van der Waals surface area (Å²) >= 11 is 6.48. The van der Waals surface area contributed by atoms with Crippen LogP contribution in [0.2, 0.25) is 5.02 Å². The van der Waals surface area contributed by atoms with Crippen molar-refractivity contribution in [1.82, 2.24) is 4.90 Å². The van der Waals surface area contributed by atoms with Gasteiger partial charge in [-0.3, -0.25) is 14.9 Å². The molecule has 28 heavy (non-hydrogen) atoms. The highest BCUT2D eigenvalue weighted by atomic mass is 35.5. The summed E-state index contributed by atoms with van der Waals surface area (Å²) < 4.78 is 0. The zero-order chi connectivity index (χ0) is 19.7. The number of nitro groups is 1. The zero-order valence-corrected chi connectivity index (χ0v) is 15.7. The second-order valence-electron chi connectivity index (χ2n) is 6.65. The molecule has 0 N–H and O–H groups in total. The monoisotopic (exact) mass is 392 g/mol. The zero-order valence-electron chi connectivity index (χ0n) is 14.9. The number of hydrogen-bond acceptors (Lipinski definition) is 3. The minimum absolute atomic E-state index is 0.0870. The summed E-state index contributed by atoms with van der Waals surface area (Å²) in [4.78, 5) is 26.0. The van der Waals surface area contributed by atoms with Crippen molar-refractivity contribution in [2.24, 2.45) is 0 Å². The Hall–Kier alpha value is -3.18. The predicted molar refractivity (Wildman–Crippen MR) is 108 cm³/mol. The number of rotatable bonds is 3.